The number of likely N-dealkylation sites (N-methyl/N-ethyl adjacent to an activating group) is 1. The zero-order valence-corrected chi connectivity index (χ0v) is 17.1. The van der Waals surface area contributed by atoms with Gasteiger partial charge in [0.05, 0.1) is 5.57 Å². The van der Waals surface area contributed by atoms with E-state index < -0.39 is 0 Å². The molecule has 0 aromatic heterocycles. The van der Waals surface area contributed by atoms with Crippen molar-refractivity contribution in [3.63, 3.8) is 0 Å². The van der Waals surface area contributed by atoms with E-state index >= 15 is 0 Å². The minimum absolute atomic E-state index is 0.188. The fourth-order valence-electron chi connectivity index (χ4n) is 3.52. The van der Waals surface area contributed by atoms with Gasteiger partial charge in [-0.05, 0) is 30.9 Å². The smallest absolute Gasteiger partial charge is 0.277 e. The van der Waals surface area contributed by atoms with E-state index in [1.165, 1.54) is 4.90 Å². The zero-order chi connectivity index (χ0) is 20.3. The van der Waals surface area contributed by atoms with Crippen LogP contribution in [0.3, 0.4) is 0 Å². The van der Waals surface area contributed by atoms with Gasteiger partial charge < -0.3 is 4.90 Å². The Labute approximate surface area is 167 Å². The van der Waals surface area contributed by atoms with Gasteiger partial charge >= 0.3 is 0 Å². The molecule has 0 atom stereocenters. The van der Waals surface area contributed by atoms with Crippen molar-refractivity contribution in [2.75, 3.05) is 13.1 Å². The van der Waals surface area contributed by atoms with E-state index in [4.69, 9.17) is 0 Å². The van der Waals surface area contributed by atoms with Gasteiger partial charge in [0.1, 0.15) is 5.70 Å². The van der Waals surface area contributed by atoms with E-state index in [0.717, 1.165) is 16.7 Å². The third-order valence-corrected chi connectivity index (χ3v) is 4.95. The van der Waals surface area contributed by atoms with Crippen LogP contribution < -0.4 is 0 Å². The number of hydrogen-bond acceptors (Lipinski definition) is 3. The molecule has 0 bridgehead atoms. The Kier molecular flexibility index (Phi) is 5.98. The lowest BCUT2D eigenvalue weighted by atomic mass is 10.0. The van der Waals surface area contributed by atoms with Crippen molar-refractivity contribution >= 4 is 17.4 Å². The Morgan fingerprint density at radius 1 is 0.929 bits per heavy atom. The van der Waals surface area contributed by atoms with Crippen molar-refractivity contribution in [3.8, 4) is 0 Å². The quantitative estimate of drug-likeness (QED) is 0.678. The fraction of sp³-hybridized carbons (Fsp3) is 0.333. The van der Waals surface area contributed by atoms with Gasteiger partial charge in [-0.1, -0.05) is 74.0 Å². The number of carbonyl (C=O) groups excluding carboxylic acids is 2. The third-order valence-electron chi connectivity index (χ3n) is 4.95. The summed E-state index contributed by atoms with van der Waals surface area (Å²) in [7, 11) is 0. The highest BCUT2D eigenvalue weighted by atomic mass is 16.2. The maximum atomic E-state index is 13.3. The Balaban J connectivity index is 2.07. The number of amides is 2. The molecule has 0 N–H and O–H groups in total. The maximum Gasteiger partial charge on any atom is 0.277 e. The number of rotatable bonds is 7. The van der Waals surface area contributed by atoms with Gasteiger partial charge in [-0.15, -0.1) is 0 Å². The lowest BCUT2D eigenvalue weighted by molar-refractivity contribution is -0.138. The molecule has 0 radical (unpaired) electrons. The first-order chi connectivity index (χ1) is 13.4. The van der Waals surface area contributed by atoms with E-state index in [1.807, 2.05) is 87.2 Å². The standard InChI is InChI=1S/C24H28N2O2/c1-5-25(16-19-9-7-6-8-10-19)22-21(20-13-11-18(4)12-14-20)23(27)26(24(22)28)15-17(2)3/h6-14,17H,5,15-16H2,1-4H3. The van der Waals surface area contributed by atoms with Crippen LogP contribution in [-0.2, 0) is 16.1 Å². The number of nitrogens with zero attached hydrogens (tertiary/aromatic N) is 2. The van der Waals surface area contributed by atoms with Gasteiger partial charge in [0.25, 0.3) is 11.8 Å². The first-order valence-corrected chi connectivity index (χ1v) is 9.88. The first kappa shape index (κ1) is 19.9. The van der Waals surface area contributed by atoms with Crippen LogP contribution in [0.1, 0.15) is 37.5 Å². The topological polar surface area (TPSA) is 40.6 Å². The second-order valence-corrected chi connectivity index (χ2v) is 7.70. The number of hydrogen-bond donors (Lipinski definition) is 0. The minimum Gasteiger partial charge on any atom is -0.362 e. The molecule has 0 saturated carbocycles. The monoisotopic (exact) mass is 376 g/mol. The van der Waals surface area contributed by atoms with Gasteiger partial charge in [0, 0.05) is 19.6 Å². The summed E-state index contributed by atoms with van der Waals surface area (Å²) in [5, 5.41) is 0. The van der Waals surface area contributed by atoms with Crippen molar-refractivity contribution in [1.29, 1.82) is 0 Å². The van der Waals surface area contributed by atoms with E-state index in [2.05, 4.69) is 0 Å². The summed E-state index contributed by atoms with van der Waals surface area (Å²) in [5.41, 5.74) is 4.07. The van der Waals surface area contributed by atoms with Gasteiger partial charge in [0.15, 0.2) is 0 Å². The Morgan fingerprint density at radius 2 is 1.57 bits per heavy atom. The van der Waals surface area contributed by atoms with Crippen LogP contribution in [0.15, 0.2) is 60.3 Å². The summed E-state index contributed by atoms with van der Waals surface area (Å²) < 4.78 is 0. The molecular weight excluding hydrogens is 348 g/mol. The van der Waals surface area contributed by atoms with Gasteiger partial charge in [-0.25, -0.2) is 0 Å². The van der Waals surface area contributed by atoms with E-state index in [1.54, 1.807) is 0 Å². The highest BCUT2D eigenvalue weighted by Crippen LogP contribution is 2.33. The molecule has 1 aliphatic rings. The van der Waals surface area contributed by atoms with Gasteiger partial charge in [-0.3, -0.25) is 14.5 Å². The Bertz CT molecular complexity index is 883. The zero-order valence-electron chi connectivity index (χ0n) is 17.1. The SMILES string of the molecule is CCN(Cc1ccccc1)C1=C(c2ccc(C)cc2)C(=O)N(CC(C)C)C1=O. The van der Waals surface area contributed by atoms with E-state index in [0.29, 0.717) is 30.9 Å². The number of aryl methyl sites for hydroxylation is 1. The van der Waals surface area contributed by atoms with Crippen LogP contribution in [0.25, 0.3) is 5.57 Å². The molecule has 4 nitrogen and oxygen atoms in total. The molecule has 2 aromatic rings. The van der Waals surface area contributed by atoms with Crippen molar-refractivity contribution in [3.05, 3.63) is 77.0 Å². The minimum atomic E-state index is -0.191. The highest BCUT2D eigenvalue weighted by Gasteiger charge is 2.41. The van der Waals surface area contributed by atoms with Gasteiger partial charge in [0.2, 0.25) is 0 Å². The first-order valence-electron chi connectivity index (χ1n) is 9.88. The normalized spacial score (nSPS) is 14.4. The summed E-state index contributed by atoms with van der Waals surface area (Å²) in [6.45, 7) is 9.74. The molecule has 146 valence electrons. The van der Waals surface area contributed by atoms with E-state index in [-0.39, 0.29) is 17.7 Å². The molecule has 3 rings (SSSR count). The largest absolute Gasteiger partial charge is 0.362 e. The molecule has 0 unspecified atom stereocenters. The van der Waals surface area contributed by atoms with Crippen molar-refractivity contribution in [2.24, 2.45) is 5.92 Å². The lowest BCUT2D eigenvalue weighted by Crippen LogP contribution is -2.37. The van der Waals surface area contributed by atoms with Crippen LogP contribution in [0, 0.1) is 12.8 Å². The maximum absolute atomic E-state index is 13.3. The van der Waals surface area contributed by atoms with Crippen LogP contribution in [0.2, 0.25) is 0 Å². The summed E-state index contributed by atoms with van der Waals surface area (Å²) in [6, 6.07) is 17.9. The summed E-state index contributed by atoms with van der Waals surface area (Å²) in [6.07, 6.45) is 0. The Hall–Kier alpha value is -2.88. The predicted molar refractivity (Wildman–Crippen MR) is 112 cm³/mol. The van der Waals surface area contributed by atoms with Crippen LogP contribution >= 0.6 is 0 Å². The highest BCUT2D eigenvalue weighted by molar-refractivity contribution is 6.35. The lowest BCUT2D eigenvalue weighted by Gasteiger charge is -2.25. The van der Waals surface area contributed by atoms with Crippen LogP contribution in [0.4, 0.5) is 0 Å². The molecule has 1 aliphatic heterocycles. The molecule has 0 saturated heterocycles. The van der Waals surface area contributed by atoms with Crippen molar-refractivity contribution < 1.29 is 9.59 Å². The average molecular weight is 377 g/mol. The number of benzene rings is 2. The fourth-order valence-corrected chi connectivity index (χ4v) is 3.52. The van der Waals surface area contributed by atoms with E-state index in [9.17, 15) is 9.59 Å². The summed E-state index contributed by atoms with van der Waals surface area (Å²) in [4.78, 5) is 30.0. The predicted octanol–water partition coefficient (Wildman–Crippen LogP) is 4.25. The summed E-state index contributed by atoms with van der Waals surface area (Å²) in [5.74, 6) is -0.160. The average Bonchev–Trinajstić information content (AvgIpc) is 2.92. The Morgan fingerprint density at radius 3 is 2.14 bits per heavy atom. The summed E-state index contributed by atoms with van der Waals surface area (Å²) >= 11 is 0. The molecule has 0 spiro atoms. The van der Waals surface area contributed by atoms with Gasteiger partial charge in [-0.2, -0.15) is 0 Å². The molecule has 2 amide bonds. The molecule has 4 heteroatoms. The molecule has 1 heterocycles. The van der Waals surface area contributed by atoms with Crippen molar-refractivity contribution in [1.82, 2.24) is 9.80 Å². The molecule has 0 fully saturated rings. The number of carbonyl (C=O) groups is 2. The second-order valence-electron chi connectivity index (χ2n) is 7.70. The second kappa shape index (κ2) is 8.42. The third kappa shape index (κ3) is 4.01. The number of imide groups is 1. The molecule has 28 heavy (non-hydrogen) atoms. The molecule has 2 aromatic carbocycles. The van der Waals surface area contributed by atoms with Crippen LogP contribution in [0.5, 0.6) is 0 Å². The molecular formula is C24H28N2O2. The van der Waals surface area contributed by atoms with Crippen molar-refractivity contribution in [2.45, 2.75) is 34.2 Å². The van der Waals surface area contributed by atoms with Crippen LogP contribution in [-0.4, -0.2) is 34.7 Å². The molecule has 0 aliphatic carbocycles.